The van der Waals surface area contributed by atoms with Gasteiger partial charge in [-0.25, -0.2) is 0 Å². The Labute approximate surface area is 516 Å². The number of nitrogens with zero attached hydrogens (tertiary/aromatic N) is 4. The van der Waals surface area contributed by atoms with Gasteiger partial charge >= 0.3 is 7.12 Å². The second-order valence-electron chi connectivity index (χ2n) is 22.4. The van der Waals surface area contributed by atoms with Gasteiger partial charge in [0.2, 0.25) is 0 Å². The van der Waals surface area contributed by atoms with Gasteiger partial charge in [0.15, 0.2) is 0 Å². The number of rotatable bonds is 6. The molecule has 416 valence electrons. The Morgan fingerprint density at radius 3 is 0.966 bits per heavy atom. The van der Waals surface area contributed by atoms with Crippen molar-refractivity contribution < 1.29 is 10.0 Å². The summed E-state index contributed by atoms with van der Waals surface area (Å²) in [5.74, 6) is 0. The Bertz CT molecular complexity index is 5700. The number of benzene rings is 14. The van der Waals surface area contributed by atoms with Crippen LogP contribution < -0.4 is 5.46 Å². The molecule has 0 unspecified atom stereocenters. The SMILES string of the molecule is Brc1ccc2c(c1)c1ccccc1n2-c1ccccc1.OB(O)c1ccc2c(c1)c1ccccc1n2-c1ccc2ccccc2c1.c1ccc(-n2c3ccccc3c3cc(-c4ccc5c(c4)c4ccccc4n5-c4ccc5ccccc5c4)ccc32)cc1. The van der Waals surface area contributed by atoms with Crippen LogP contribution in [-0.4, -0.2) is 35.4 Å². The van der Waals surface area contributed by atoms with Crippen molar-refractivity contribution in [2.24, 2.45) is 0 Å². The maximum atomic E-state index is 9.55. The molecule has 14 aromatic carbocycles. The average molecular weight is 1190 g/mol. The highest BCUT2D eigenvalue weighted by Crippen LogP contribution is 2.40. The first-order chi connectivity index (χ1) is 43.4. The third-order valence-corrected chi connectivity index (χ3v) is 17.8. The van der Waals surface area contributed by atoms with Crippen LogP contribution in [0.15, 0.2) is 320 Å². The van der Waals surface area contributed by atoms with Crippen LogP contribution in [-0.2, 0) is 0 Å². The van der Waals surface area contributed by atoms with Crippen molar-refractivity contribution in [3.05, 3.63) is 320 Å². The van der Waals surface area contributed by atoms with E-state index in [1.54, 1.807) is 6.07 Å². The van der Waals surface area contributed by atoms with Gasteiger partial charge in [-0.3, -0.25) is 0 Å². The first kappa shape index (κ1) is 52.8. The summed E-state index contributed by atoms with van der Waals surface area (Å²) >= 11 is 3.57. The van der Waals surface area contributed by atoms with Gasteiger partial charge in [0.1, 0.15) is 0 Å². The lowest BCUT2D eigenvalue weighted by molar-refractivity contribution is 0.426. The van der Waals surface area contributed by atoms with Crippen molar-refractivity contribution >= 4 is 137 Å². The molecule has 0 spiro atoms. The molecule has 2 N–H and O–H groups in total. The highest BCUT2D eigenvalue weighted by molar-refractivity contribution is 9.10. The molecule has 18 aromatic rings. The van der Waals surface area contributed by atoms with E-state index in [1.165, 1.54) is 115 Å². The summed E-state index contributed by atoms with van der Waals surface area (Å²) in [6, 6.07) is 111. The molecule has 18 rings (SSSR count). The summed E-state index contributed by atoms with van der Waals surface area (Å²) in [7, 11) is -1.47. The van der Waals surface area contributed by atoms with E-state index in [9.17, 15) is 10.0 Å². The molecule has 4 heterocycles. The average Bonchev–Trinajstić information content (AvgIpc) is 2.04. The summed E-state index contributed by atoms with van der Waals surface area (Å²) < 4.78 is 10.4. The second-order valence-corrected chi connectivity index (χ2v) is 23.3. The molecule has 0 aliphatic heterocycles. The maximum absolute atomic E-state index is 9.55. The van der Waals surface area contributed by atoms with Gasteiger partial charge in [0, 0.05) is 70.3 Å². The summed E-state index contributed by atoms with van der Waals surface area (Å²) in [4.78, 5) is 0. The van der Waals surface area contributed by atoms with E-state index >= 15 is 0 Å². The normalized spacial score (nSPS) is 11.6. The van der Waals surface area contributed by atoms with Gasteiger partial charge in [0.25, 0.3) is 0 Å². The Balaban J connectivity index is 0.000000116. The van der Waals surface area contributed by atoms with E-state index < -0.39 is 7.12 Å². The number of para-hydroxylation sites is 6. The van der Waals surface area contributed by atoms with Crippen LogP contribution in [0.1, 0.15) is 0 Å². The van der Waals surface area contributed by atoms with Crippen LogP contribution in [0.25, 0.3) is 143 Å². The van der Waals surface area contributed by atoms with Gasteiger partial charge in [-0.15, -0.1) is 0 Å². The molecule has 4 aromatic heterocycles. The zero-order valence-electron chi connectivity index (χ0n) is 47.7. The van der Waals surface area contributed by atoms with Crippen LogP contribution in [0.4, 0.5) is 0 Å². The number of hydrogen-bond acceptors (Lipinski definition) is 2. The fourth-order valence-electron chi connectivity index (χ4n) is 13.3. The second kappa shape index (κ2) is 22.0. The van der Waals surface area contributed by atoms with Crippen molar-refractivity contribution in [3.63, 3.8) is 0 Å². The lowest BCUT2D eigenvalue weighted by Crippen LogP contribution is -2.29. The number of fused-ring (bicyclic) bond motifs is 14. The van der Waals surface area contributed by atoms with E-state index in [1.807, 2.05) is 42.5 Å². The third-order valence-electron chi connectivity index (χ3n) is 17.3. The molecule has 8 heteroatoms. The molecular weight excluding hydrogens is 1140 g/mol. The Morgan fingerprint density at radius 1 is 0.227 bits per heavy atom. The summed E-state index contributed by atoms with van der Waals surface area (Å²) in [6.45, 7) is 0. The molecule has 88 heavy (non-hydrogen) atoms. The van der Waals surface area contributed by atoms with Gasteiger partial charge in [0.05, 0.1) is 44.1 Å². The van der Waals surface area contributed by atoms with Gasteiger partial charge in [-0.2, -0.15) is 0 Å². The van der Waals surface area contributed by atoms with E-state index in [0.717, 1.165) is 32.0 Å². The molecule has 0 radical (unpaired) electrons. The molecule has 0 saturated carbocycles. The fraction of sp³-hybridized carbons (Fsp3) is 0. The van der Waals surface area contributed by atoms with Gasteiger partial charge in [-0.1, -0.05) is 210 Å². The van der Waals surface area contributed by atoms with Crippen LogP contribution >= 0.6 is 15.9 Å². The van der Waals surface area contributed by atoms with Crippen molar-refractivity contribution in [2.45, 2.75) is 0 Å². The highest BCUT2D eigenvalue weighted by atomic mass is 79.9. The van der Waals surface area contributed by atoms with Crippen molar-refractivity contribution in [1.29, 1.82) is 0 Å². The highest BCUT2D eigenvalue weighted by Gasteiger charge is 2.19. The zero-order valence-corrected chi connectivity index (χ0v) is 49.2. The number of hydrogen-bond donors (Lipinski definition) is 2. The van der Waals surface area contributed by atoms with Crippen LogP contribution in [0.3, 0.4) is 0 Å². The molecule has 0 atom stereocenters. The van der Waals surface area contributed by atoms with E-state index in [-0.39, 0.29) is 0 Å². The lowest BCUT2D eigenvalue weighted by atomic mass is 9.80. The van der Waals surface area contributed by atoms with E-state index in [2.05, 4.69) is 301 Å². The molecule has 0 bridgehead atoms. The molecule has 0 aliphatic rings. The molecule has 0 aliphatic carbocycles. The maximum Gasteiger partial charge on any atom is 0.488 e. The fourth-order valence-corrected chi connectivity index (χ4v) is 13.7. The largest absolute Gasteiger partial charge is 0.488 e. The zero-order chi connectivity index (χ0) is 58.8. The predicted octanol–water partition coefficient (Wildman–Crippen LogP) is 19.9. The first-order valence-electron chi connectivity index (χ1n) is 29.6. The first-order valence-corrected chi connectivity index (χ1v) is 30.4. The minimum atomic E-state index is -1.47. The van der Waals surface area contributed by atoms with Crippen molar-refractivity contribution in [1.82, 2.24) is 18.3 Å². The Hall–Kier alpha value is -10.7. The van der Waals surface area contributed by atoms with E-state index in [0.29, 0.717) is 5.46 Å². The van der Waals surface area contributed by atoms with E-state index in [4.69, 9.17) is 0 Å². The summed E-state index contributed by atoms with van der Waals surface area (Å²) in [5.41, 5.74) is 17.1. The molecular formula is C80H54BBrN4O2. The lowest BCUT2D eigenvalue weighted by Gasteiger charge is -2.10. The standard InChI is InChI=1S/C40H26N2.C22H16BNO2.C18H12BrN/c1-2-12-31(13-3-1)41-37-16-8-6-14-33(37)35-25-29(19-22-39(35)41)30-20-23-40-36(26-30)34-15-7-9-17-38(34)42(40)32-21-18-27-10-4-5-11-28(27)24-32;25-23(26)17-10-12-22-20(14-17)19-7-3-4-8-21(19)24(22)18-11-9-15-5-1-2-6-16(15)13-18;19-13-10-11-18-16(12-13)15-8-4-5-9-17(15)20(18)14-6-2-1-3-7-14/h1-26H;1-14,25-26H;1-12H. The third kappa shape index (κ3) is 9.13. The smallest absolute Gasteiger partial charge is 0.423 e. The Kier molecular flexibility index (Phi) is 13.2. The van der Waals surface area contributed by atoms with Crippen LogP contribution in [0.5, 0.6) is 0 Å². The van der Waals surface area contributed by atoms with Crippen molar-refractivity contribution in [2.75, 3.05) is 0 Å². The minimum Gasteiger partial charge on any atom is -0.423 e. The Morgan fingerprint density at radius 2 is 0.545 bits per heavy atom. The molecule has 0 saturated heterocycles. The molecule has 0 fully saturated rings. The predicted molar refractivity (Wildman–Crippen MR) is 375 cm³/mol. The quantitative estimate of drug-likeness (QED) is 0.163. The topological polar surface area (TPSA) is 60.2 Å². The van der Waals surface area contributed by atoms with Gasteiger partial charge < -0.3 is 28.3 Å². The van der Waals surface area contributed by atoms with Crippen LogP contribution in [0.2, 0.25) is 0 Å². The summed E-state index contributed by atoms with van der Waals surface area (Å²) in [6.07, 6.45) is 0. The number of aromatic nitrogens is 4. The van der Waals surface area contributed by atoms with Crippen molar-refractivity contribution in [3.8, 4) is 33.9 Å². The molecule has 0 amide bonds. The van der Waals surface area contributed by atoms with Crippen LogP contribution in [0, 0.1) is 0 Å². The molecule has 6 nitrogen and oxygen atoms in total. The monoisotopic (exact) mass is 1190 g/mol. The summed E-state index contributed by atoms with van der Waals surface area (Å²) in [5, 5.41) is 33.7. The van der Waals surface area contributed by atoms with Gasteiger partial charge in [-0.05, 0) is 159 Å². The number of halogens is 1. The minimum absolute atomic E-state index is 0.499.